The highest BCUT2D eigenvalue weighted by molar-refractivity contribution is 5.78. The third-order valence-electron chi connectivity index (χ3n) is 2.87. The number of rotatable bonds is 8. The summed E-state index contributed by atoms with van der Waals surface area (Å²) in [6.45, 7) is 9.56. The molecule has 0 saturated carbocycles. The highest BCUT2D eigenvalue weighted by Gasteiger charge is 2.20. The molecular weight excluding hydrogens is 216 g/mol. The van der Waals surface area contributed by atoms with Crippen molar-refractivity contribution < 1.29 is 9.59 Å². The summed E-state index contributed by atoms with van der Waals surface area (Å²) >= 11 is 0. The molecule has 0 heterocycles. The summed E-state index contributed by atoms with van der Waals surface area (Å²) in [6, 6.07) is 0. The molecule has 0 aliphatic heterocycles. The van der Waals surface area contributed by atoms with E-state index in [1.807, 2.05) is 13.8 Å². The molecule has 0 fully saturated rings. The molecule has 0 spiro atoms. The number of nitrogens with zero attached hydrogens (tertiary/aromatic N) is 1. The van der Waals surface area contributed by atoms with Crippen LogP contribution in [0.4, 0.5) is 0 Å². The van der Waals surface area contributed by atoms with Gasteiger partial charge in [-0.05, 0) is 32.1 Å². The van der Waals surface area contributed by atoms with Crippen molar-refractivity contribution in [3.8, 4) is 0 Å². The van der Waals surface area contributed by atoms with E-state index in [-0.39, 0.29) is 17.7 Å². The third-order valence-corrected chi connectivity index (χ3v) is 2.87. The number of hydrogen-bond donors (Lipinski definition) is 1. The maximum Gasteiger partial charge on any atom is 0.222 e. The van der Waals surface area contributed by atoms with Crippen LogP contribution in [0.2, 0.25) is 0 Å². The van der Waals surface area contributed by atoms with Crippen molar-refractivity contribution in [1.82, 2.24) is 4.90 Å². The summed E-state index contributed by atoms with van der Waals surface area (Å²) in [5.74, 6) is 0.370. The Bertz CT molecular complexity index is 248. The van der Waals surface area contributed by atoms with Crippen LogP contribution in [0.25, 0.3) is 0 Å². The first kappa shape index (κ1) is 15.9. The molecule has 0 rings (SSSR count). The van der Waals surface area contributed by atoms with E-state index in [9.17, 15) is 9.59 Å². The Kier molecular flexibility index (Phi) is 7.59. The number of carbonyl (C=O) groups excluding carboxylic acids is 2. The molecule has 2 amide bonds. The quantitative estimate of drug-likeness (QED) is 0.705. The van der Waals surface area contributed by atoms with Gasteiger partial charge in [-0.1, -0.05) is 13.8 Å². The molecule has 0 bridgehead atoms. The summed E-state index contributed by atoms with van der Waals surface area (Å²) in [7, 11) is 0. The van der Waals surface area contributed by atoms with Gasteiger partial charge >= 0.3 is 0 Å². The van der Waals surface area contributed by atoms with Crippen LogP contribution in [0, 0.1) is 11.8 Å². The van der Waals surface area contributed by atoms with Crippen molar-refractivity contribution in [2.45, 2.75) is 47.0 Å². The topological polar surface area (TPSA) is 63.4 Å². The molecule has 0 aromatic rings. The summed E-state index contributed by atoms with van der Waals surface area (Å²) in [5.41, 5.74) is 5.22. The zero-order chi connectivity index (χ0) is 13.4. The Morgan fingerprint density at radius 1 is 1.12 bits per heavy atom. The van der Waals surface area contributed by atoms with Gasteiger partial charge in [0.15, 0.2) is 0 Å². The summed E-state index contributed by atoms with van der Waals surface area (Å²) < 4.78 is 0. The first-order chi connectivity index (χ1) is 7.90. The summed E-state index contributed by atoms with van der Waals surface area (Å²) in [5, 5.41) is 0. The summed E-state index contributed by atoms with van der Waals surface area (Å²) in [4.78, 5) is 24.7. The van der Waals surface area contributed by atoms with Crippen molar-refractivity contribution in [3.05, 3.63) is 0 Å². The number of hydrogen-bond acceptors (Lipinski definition) is 2. The van der Waals surface area contributed by atoms with E-state index < -0.39 is 0 Å². The molecule has 2 N–H and O–H groups in total. The normalized spacial score (nSPS) is 12.5. The highest BCUT2D eigenvalue weighted by atomic mass is 16.2. The molecule has 1 atom stereocenters. The van der Waals surface area contributed by atoms with Crippen LogP contribution in [-0.2, 0) is 9.59 Å². The molecule has 0 aromatic carbocycles. The zero-order valence-corrected chi connectivity index (χ0v) is 11.5. The largest absolute Gasteiger partial charge is 0.370 e. The van der Waals surface area contributed by atoms with Gasteiger partial charge in [0.2, 0.25) is 11.8 Å². The van der Waals surface area contributed by atoms with E-state index in [1.165, 1.54) is 0 Å². The average molecular weight is 242 g/mol. The minimum Gasteiger partial charge on any atom is -0.370 e. The molecule has 0 aromatic heterocycles. The van der Waals surface area contributed by atoms with Gasteiger partial charge in [-0.3, -0.25) is 9.59 Å². The van der Waals surface area contributed by atoms with Crippen molar-refractivity contribution in [1.29, 1.82) is 0 Å². The van der Waals surface area contributed by atoms with Crippen LogP contribution < -0.4 is 5.73 Å². The molecule has 100 valence electrons. The van der Waals surface area contributed by atoms with Crippen molar-refractivity contribution in [3.63, 3.8) is 0 Å². The van der Waals surface area contributed by atoms with E-state index in [2.05, 4.69) is 13.8 Å². The predicted octanol–water partition coefficient (Wildman–Crippen LogP) is 1.78. The van der Waals surface area contributed by atoms with Gasteiger partial charge in [0, 0.05) is 25.9 Å². The van der Waals surface area contributed by atoms with Gasteiger partial charge < -0.3 is 10.6 Å². The molecule has 0 aliphatic rings. The lowest BCUT2D eigenvalue weighted by Gasteiger charge is -2.23. The van der Waals surface area contributed by atoms with E-state index in [1.54, 1.807) is 4.90 Å². The Morgan fingerprint density at radius 2 is 1.65 bits per heavy atom. The van der Waals surface area contributed by atoms with Gasteiger partial charge in [-0.2, -0.15) is 0 Å². The van der Waals surface area contributed by atoms with Crippen LogP contribution in [0.3, 0.4) is 0 Å². The van der Waals surface area contributed by atoms with Gasteiger partial charge in [-0.15, -0.1) is 0 Å². The second-order valence-corrected chi connectivity index (χ2v) is 4.94. The van der Waals surface area contributed by atoms with Crippen molar-refractivity contribution in [2.24, 2.45) is 17.6 Å². The lowest BCUT2D eigenvalue weighted by molar-refractivity contribution is -0.132. The fourth-order valence-corrected chi connectivity index (χ4v) is 2.14. The van der Waals surface area contributed by atoms with E-state index in [4.69, 9.17) is 5.73 Å². The minimum absolute atomic E-state index is 0.0839. The van der Waals surface area contributed by atoms with Crippen molar-refractivity contribution in [2.75, 3.05) is 13.1 Å². The van der Waals surface area contributed by atoms with E-state index in [0.717, 1.165) is 19.5 Å². The molecule has 0 saturated heterocycles. The van der Waals surface area contributed by atoms with Gasteiger partial charge in [-0.25, -0.2) is 0 Å². The number of amides is 2. The van der Waals surface area contributed by atoms with Gasteiger partial charge in [0.05, 0.1) is 0 Å². The van der Waals surface area contributed by atoms with Crippen LogP contribution in [-0.4, -0.2) is 29.8 Å². The van der Waals surface area contributed by atoms with Crippen LogP contribution >= 0.6 is 0 Å². The van der Waals surface area contributed by atoms with Crippen LogP contribution in [0.1, 0.15) is 47.0 Å². The monoisotopic (exact) mass is 242 g/mol. The standard InChI is InChI=1S/C13H26N2O2/c1-5-15(6-2)13(17)9-11(7-10(3)4)8-12(14)16/h10-11H,5-9H2,1-4H3,(H2,14,16). The molecule has 17 heavy (non-hydrogen) atoms. The minimum atomic E-state index is -0.317. The Hall–Kier alpha value is -1.06. The Morgan fingerprint density at radius 3 is 2.00 bits per heavy atom. The first-order valence-electron chi connectivity index (χ1n) is 6.46. The lowest BCUT2D eigenvalue weighted by Crippen LogP contribution is -2.33. The fourth-order valence-electron chi connectivity index (χ4n) is 2.14. The van der Waals surface area contributed by atoms with Gasteiger partial charge in [0.25, 0.3) is 0 Å². The predicted molar refractivity (Wildman–Crippen MR) is 69.3 cm³/mol. The lowest BCUT2D eigenvalue weighted by atomic mass is 9.90. The van der Waals surface area contributed by atoms with E-state index >= 15 is 0 Å². The molecule has 0 aliphatic carbocycles. The average Bonchev–Trinajstić information content (AvgIpc) is 2.16. The molecular formula is C13H26N2O2. The molecule has 4 heteroatoms. The van der Waals surface area contributed by atoms with E-state index in [0.29, 0.717) is 18.8 Å². The SMILES string of the molecule is CCN(CC)C(=O)CC(CC(N)=O)CC(C)C. The fraction of sp³-hybridized carbons (Fsp3) is 0.846. The molecule has 0 radical (unpaired) electrons. The second kappa shape index (κ2) is 8.09. The van der Waals surface area contributed by atoms with Crippen LogP contribution in [0.15, 0.2) is 0 Å². The Balaban J connectivity index is 4.40. The molecule has 4 nitrogen and oxygen atoms in total. The van der Waals surface area contributed by atoms with Crippen LogP contribution in [0.5, 0.6) is 0 Å². The number of primary amides is 1. The second-order valence-electron chi connectivity index (χ2n) is 4.94. The summed E-state index contributed by atoms with van der Waals surface area (Å²) in [6.07, 6.45) is 1.62. The zero-order valence-electron chi connectivity index (χ0n) is 11.5. The third kappa shape index (κ3) is 6.97. The smallest absolute Gasteiger partial charge is 0.222 e. The Labute approximate surface area is 105 Å². The number of nitrogens with two attached hydrogens (primary N) is 1. The maximum atomic E-state index is 12.0. The number of carbonyl (C=O) groups is 2. The highest BCUT2D eigenvalue weighted by Crippen LogP contribution is 2.20. The maximum absolute atomic E-state index is 12.0. The van der Waals surface area contributed by atoms with Gasteiger partial charge in [0.1, 0.15) is 0 Å². The van der Waals surface area contributed by atoms with Crippen molar-refractivity contribution >= 4 is 11.8 Å². The first-order valence-corrected chi connectivity index (χ1v) is 6.46. The molecule has 1 unspecified atom stereocenters.